The Morgan fingerprint density at radius 1 is 1.22 bits per heavy atom. The zero-order valence-corrected chi connectivity index (χ0v) is 13.6. The van der Waals surface area contributed by atoms with Gasteiger partial charge < -0.3 is 9.53 Å². The molecule has 1 aliphatic carbocycles. The molecule has 0 aromatic rings. The molecule has 0 amide bonds. The molecule has 1 rings (SSSR count). The second-order valence-electron chi connectivity index (χ2n) is 6.92. The minimum atomic E-state index is -1.05. The third-order valence-electron chi connectivity index (χ3n) is 3.82. The minimum absolute atomic E-state index is 0.127. The van der Waals surface area contributed by atoms with E-state index in [1.54, 1.807) is 0 Å². The van der Waals surface area contributed by atoms with Crippen LogP contribution in [0.4, 0.5) is 0 Å². The summed E-state index contributed by atoms with van der Waals surface area (Å²) in [6, 6.07) is 0. The molecule has 1 fully saturated rings. The Bertz CT molecular complexity index is 275. The normalized spacial score (nSPS) is 27.2. The lowest BCUT2D eigenvalue weighted by Crippen LogP contribution is -2.41. The van der Waals surface area contributed by atoms with E-state index < -0.39 is 15.0 Å². The molecule has 1 unspecified atom stereocenters. The van der Waals surface area contributed by atoms with Crippen LogP contribution in [0.1, 0.15) is 46.5 Å². The van der Waals surface area contributed by atoms with Gasteiger partial charge in [0.1, 0.15) is 0 Å². The highest BCUT2D eigenvalue weighted by atomic mass is 28.3. The average Bonchev–Trinajstić information content (AvgIpc) is 2.24. The molecule has 0 radical (unpaired) electrons. The summed E-state index contributed by atoms with van der Waals surface area (Å²) in [5, 5.41) is 9.04. The van der Waals surface area contributed by atoms with Gasteiger partial charge in [-0.2, -0.15) is 0 Å². The summed E-state index contributed by atoms with van der Waals surface area (Å²) in [6.07, 6.45) is 3.92. The first-order valence-corrected chi connectivity index (χ1v) is 9.88. The van der Waals surface area contributed by atoms with Crippen molar-refractivity contribution >= 4 is 15.0 Å². The van der Waals surface area contributed by atoms with Crippen LogP contribution in [0.15, 0.2) is 0 Å². The first-order valence-electron chi connectivity index (χ1n) is 7.10. The third kappa shape index (κ3) is 4.39. The van der Waals surface area contributed by atoms with Gasteiger partial charge in [0.05, 0.1) is 12.0 Å². The van der Waals surface area contributed by atoms with Gasteiger partial charge in [0.2, 0.25) is 0 Å². The molecule has 0 spiro atoms. The summed E-state index contributed by atoms with van der Waals surface area (Å²) in [7, 11) is -1.05. The lowest BCUT2D eigenvalue weighted by atomic mass is 9.72. The van der Waals surface area contributed by atoms with Crippen molar-refractivity contribution in [1.29, 1.82) is 0 Å². The van der Waals surface area contributed by atoms with E-state index in [1.165, 1.54) is 0 Å². The SMILES string of the molecule is C[SiH](C)OC([C@H]1CC[C@H](C(=O)O)CC1)C(C)(C)C. The smallest absolute Gasteiger partial charge is 0.306 e. The standard InChI is InChI=1S/C14H28O3Si/c1-14(2,3)12(17-18(4)5)10-6-8-11(9-7-10)13(15)16/h10-12,18H,6-9H2,1-5H3,(H,15,16)/t10-,11-,12?. The maximum atomic E-state index is 11.0. The molecule has 1 aliphatic rings. The molecule has 0 aliphatic heterocycles. The van der Waals surface area contributed by atoms with Crippen LogP contribution in [-0.4, -0.2) is 26.2 Å². The minimum Gasteiger partial charge on any atom is -0.481 e. The highest BCUT2D eigenvalue weighted by Gasteiger charge is 2.37. The summed E-state index contributed by atoms with van der Waals surface area (Å²) in [6.45, 7) is 11.1. The lowest BCUT2D eigenvalue weighted by Gasteiger charge is -2.41. The highest BCUT2D eigenvalue weighted by molar-refractivity contribution is 6.48. The Hall–Kier alpha value is -0.353. The van der Waals surface area contributed by atoms with Crippen molar-refractivity contribution in [2.24, 2.45) is 17.3 Å². The van der Waals surface area contributed by atoms with Crippen molar-refractivity contribution in [3.8, 4) is 0 Å². The van der Waals surface area contributed by atoms with Gasteiger partial charge in [0, 0.05) is 0 Å². The second kappa shape index (κ2) is 6.20. The van der Waals surface area contributed by atoms with Crippen molar-refractivity contribution in [1.82, 2.24) is 0 Å². The Morgan fingerprint density at radius 2 is 1.72 bits per heavy atom. The number of carboxylic acids is 1. The summed E-state index contributed by atoms with van der Waals surface area (Å²) in [5.41, 5.74) is 0.151. The number of rotatable bonds is 4. The molecule has 4 heteroatoms. The molecule has 0 bridgehead atoms. The number of carboxylic acid groups (broad SMARTS) is 1. The molecule has 0 aromatic heterocycles. The van der Waals surface area contributed by atoms with Crippen LogP contribution in [0.2, 0.25) is 13.1 Å². The summed E-state index contributed by atoms with van der Waals surface area (Å²) >= 11 is 0. The van der Waals surface area contributed by atoms with E-state index >= 15 is 0 Å². The molecule has 3 nitrogen and oxygen atoms in total. The summed E-state index contributed by atoms with van der Waals surface area (Å²) < 4.78 is 6.24. The zero-order chi connectivity index (χ0) is 13.9. The molecule has 1 saturated carbocycles. The summed E-state index contributed by atoms with van der Waals surface area (Å²) in [5.74, 6) is -0.214. The fourth-order valence-electron chi connectivity index (χ4n) is 2.98. The van der Waals surface area contributed by atoms with Crippen LogP contribution in [-0.2, 0) is 9.22 Å². The van der Waals surface area contributed by atoms with E-state index in [9.17, 15) is 4.79 Å². The Kier molecular flexibility index (Phi) is 5.41. The van der Waals surface area contributed by atoms with E-state index in [4.69, 9.17) is 9.53 Å². The van der Waals surface area contributed by atoms with Gasteiger partial charge in [-0.1, -0.05) is 20.8 Å². The maximum Gasteiger partial charge on any atom is 0.306 e. The van der Waals surface area contributed by atoms with E-state index in [-0.39, 0.29) is 11.3 Å². The van der Waals surface area contributed by atoms with Crippen LogP contribution in [0.25, 0.3) is 0 Å². The van der Waals surface area contributed by atoms with Gasteiger partial charge in [0.25, 0.3) is 0 Å². The quantitative estimate of drug-likeness (QED) is 0.799. The van der Waals surface area contributed by atoms with E-state index in [1.807, 2.05) is 0 Å². The molecule has 106 valence electrons. The van der Waals surface area contributed by atoms with Crippen molar-refractivity contribution in [3.63, 3.8) is 0 Å². The number of hydrogen-bond acceptors (Lipinski definition) is 2. The van der Waals surface area contributed by atoms with Gasteiger partial charge in [-0.15, -0.1) is 0 Å². The van der Waals surface area contributed by atoms with Crippen LogP contribution in [0, 0.1) is 17.3 Å². The van der Waals surface area contributed by atoms with Crippen molar-refractivity contribution < 1.29 is 14.3 Å². The third-order valence-corrected chi connectivity index (χ3v) is 4.66. The van der Waals surface area contributed by atoms with Crippen molar-refractivity contribution in [3.05, 3.63) is 0 Å². The molecule has 18 heavy (non-hydrogen) atoms. The predicted molar refractivity (Wildman–Crippen MR) is 76.3 cm³/mol. The largest absolute Gasteiger partial charge is 0.481 e. The highest BCUT2D eigenvalue weighted by Crippen LogP contribution is 2.38. The van der Waals surface area contributed by atoms with Crippen LogP contribution < -0.4 is 0 Å². The number of hydrogen-bond donors (Lipinski definition) is 1. The topological polar surface area (TPSA) is 46.5 Å². The second-order valence-corrected chi connectivity index (χ2v) is 9.29. The van der Waals surface area contributed by atoms with Crippen LogP contribution in [0.5, 0.6) is 0 Å². The predicted octanol–water partition coefficient (Wildman–Crippen LogP) is 3.29. The molecule has 0 saturated heterocycles. The van der Waals surface area contributed by atoms with Crippen molar-refractivity contribution in [2.45, 2.75) is 65.7 Å². The Balaban J connectivity index is 2.63. The Morgan fingerprint density at radius 3 is 2.06 bits per heavy atom. The van der Waals surface area contributed by atoms with Gasteiger partial charge in [-0.3, -0.25) is 4.79 Å². The van der Waals surface area contributed by atoms with Gasteiger partial charge in [-0.05, 0) is 50.1 Å². The molecular formula is C14H28O3Si. The number of aliphatic carboxylic acids is 1. The van der Waals surface area contributed by atoms with Crippen LogP contribution in [0.3, 0.4) is 0 Å². The van der Waals surface area contributed by atoms with E-state index in [0.717, 1.165) is 25.7 Å². The fraction of sp³-hybridized carbons (Fsp3) is 0.929. The zero-order valence-electron chi connectivity index (χ0n) is 12.4. The monoisotopic (exact) mass is 272 g/mol. The lowest BCUT2D eigenvalue weighted by molar-refractivity contribution is -0.143. The summed E-state index contributed by atoms with van der Waals surface area (Å²) in [4.78, 5) is 11.0. The van der Waals surface area contributed by atoms with E-state index in [2.05, 4.69) is 33.9 Å². The molecule has 0 heterocycles. The Labute approximate surface area is 113 Å². The van der Waals surface area contributed by atoms with E-state index in [0.29, 0.717) is 12.0 Å². The first-order chi connectivity index (χ1) is 8.21. The fourth-order valence-corrected chi connectivity index (χ4v) is 4.20. The average molecular weight is 272 g/mol. The van der Waals surface area contributed by atoms with Gasteiger partial charge in [0.15, 0.2) is 9.04 Å². The van der Waals surface area contributed by atoms with Crippen molar-refractivity contribution in [2.75, 3.05) is 0 Å². The first kappa shape index (κ1) is 15.7. The number of carbonyl (C=O) groups is 1. The molecule has 1 atom stereocenters. The maximum absolute atomic E-state index is 11.0. The van der Waals surface area contributed by atoms with Gasteiger partial charge >= 0.3 is 5.97 Å². The van der Waals surface area contributed by atoms with Gasteiger partial charge in [-0.25, -0.2) is 0 Å². The van der Waals surface area contributed by atoms with Crippen LogP contribution >= 0.6 is 0 Å². The molecule has 0 aromatic carbocycles. The molecule has 1 N–H and O–H groups in total. The molecular weight excluding hydrogens is 244 g/mol.